The number of amides is 2. The van der Waals surface area contributed by atoms with Gasteiger partial charge in [0.25, 0.3) is 5.91 Å². The molecule has 8 nitrogen and oxygen atoms in total. The zero-order valence-corrected chi connectivity index (χ0v) is 15.7. The van der Waals surface area contributed by atoms with Gasteiger partial charge in [0.05, 0.1) is 14.2 Å². The van der Waals surface area contributed by atoms with Gasteiger partial charge in [-0.15, -0.1) is 0 Å². The average Bonchev–Trinajstić information content (AvgIpc) is 3.06. The third kappa shape index (κ3) is 3.91. The smallest absolute Gasteiger partial charge is 0.293 e. The molecule has 0 aliphatic rings. The molecular weight excluding hydrogens is 364 g/mol. The summed E-state index contributed by atoms with van der Waals surface area (Å²) in [6.07, 6.45) is 0. The highest BCUT2D eigenvalue weighted by Gasteiger charge is 2.22. The number of hydrogen-bond donors (Lipinski definition) is 2. The molecule has 1 aromatic heterocycles. The molecule has 0 unspecified atom stereocenters. The van der Waals surface area contributed by atoms with Crippen LogP contribution in [0, 0.1) is 0 Å². The maximum absolute atomic E-state index is 12.8. The Morgan fingerprint density at radius 2 is 1.71 bits per heavy atom. The molecule has 0 aliphatic carbocycles. The standard InChI is InChI=1S/C20H20N2O6/c1-25-11-17(23)22-18-13-6-4-5-7-14(13)28-19(18)20(24)21-12-8-9-15(26-2)16(10-12)27-3/h4-10H,11H2,1-3H3,(H,21,24)(H,22,23). The van der Waals surface area contributed by atoms with E-state index in [1.165, 1.54) is 21.3 Å². The third-order valence-electron chi connectivity index (χ3n) is 3.98. The summed E-state index contributed by atoms with van der Waals surface area (Å²) in [6.45, 7) is -0.143. The first-order chi connectivity index (χ1) is 13.6. The normalized spacial score (nSPS) is 10.5. The molecule has 0 atom stereocenters. The molecule has 3 aromatic rings. The molecule has 3 rings (SSSR count). The molecule has 2 aromatic carbocycles. The first-order valence-electron chi connectivity index (χ1n) is 8.41. The van der Waals surface area contributed by atoms with Crippen LogP contribution >= 0.6 is 0 Å². The monoisotopic (exact) mass is 384 g/mol. The van der Waals surface area contributed by atoms with Gasteiger partial charge in [-0.2, -0.15) is 0 Å². The van der Waals surface area contributed by atoms with Crippen LogP contribution in [0.1, 0.15) is 10.6 Å². The predicted molar refractivity (Wildman–Crippen MR) is 104 cm³/mol. The van der Waals surface area contributed by atoms with Crippen LogP contribution in [0.25, 0.3) is 11.0 Å². The van der Waals surface area contributed by atoms with Crippen molar-refractivity contribution in [2.75, 3.05) is 38.6 Å². The van der Waals surface area contributed by atoms with Gasteiger partial charge in [-0.3, -0.25) is 9.59 Å². The third-order valence-corrected chi connectivity index (χ3v) is 3.98. The fraction of sp³-hybridized carbons (Fsp3) is 0.200. The first-order valence-corrected chi connectivity index (χ1v) is 8.41. The maximum Gasteiger partial charge on any atom is 0.293 e. The van der Waals surface area contributed by atoms with Crippen molar-refractivity contribution in [1.29, 1.82) is 0 Å². The summed E-state index contributed by atoms with van der Waals surface area (Å²) in [5.74, 6) is 0.0843. The van der Waals surface area contributed by atoms with E-state index in [0.29, 0.717) is 28.2 Å². The highest BCUT2D eigenvalue weighted by molar-refractivity contribution is 6.14. The number of anilines is 2. The van der Waals surface area contributed by atoms with Crippen LogP contribution in [0.2, 0.25) is 0 Å². The first kappa shape index (κ1) is 19.2. The van der Waals surface area contributed by atoms with Crippen molar-refractivity contribution in [2.24, 2.45) is 0 Å². The van der Waals surface area contributed by atoms with Crippen LogP contribution in [0.5, 0.6) is 11.5 Å². The second-order valence-electron chi connectivity index (χ2n) is 5.81. The van der Waals surface area contributed by atoms with Gasteiger partial charge in [-0.25, -0.2) is 0 Å². The van der Waals surface area contributed by atoms with E-state index in [1.54, 1.807) is 42.5 Å². The number of carbonyl (C=O) groups excluding carboxylic acids is 2. The summed E-state index contributed by atoms with van der Waals surface area (Å²) in [6, 6.07) is 12.0. The Balaban J connectivity index is 1.94. The Morgan fingerprint density at radius 1 is 0.964 bits per heavy atom. The molecule has 8 heteroatoms. The van der Waals surface area contributed by atoms with Crippen molar-refractivity contribution >= 4 is 34.2 Å². The van der Waals surface area contributed by atoms with E-state index in [1.807, 2.05) is 0 Å². The van der Waals surface area contributed by atoms with E-state index < -0.39 is 11.8 Å². The Morgan fingerprint density at radius 3 is 2.43 bits per heavy atom. The van der Waals surface area contributed by atoms with E-state index in [4.69, 9.17) is 18.6 Å². The van der Waals surface area contributed by atoms with Crippen molar-refractivity contribution in [1.82, 2.24) is 0 Å². The molecule has 2 N–H and O–H groups in total. The van der Waals surface area contributed by atoms with Crippen molar-refractivity contribution < 1.29 is 28.2 Å². The van der Waals surface area contributed by atoms with Gasteiger partial charge < -0.3 is 29.3 Å². The van der Waals surface area contributed by atoms with Crippen molar-refractivity contribution in [2.45, 2.75) is 0 Å². The maximum atomic E-state index is 12.8. The van der Waals surface area contributed by atoms with Crippen molar-refractivity contribution in [3.63, 3.8) is 0 Å². The van der Waals surface area contributed by atoms with Gasteiger partial charge in [0.2, 0.25) is 11.7 Å². The molecule has 0 fully saturated rings. The number of furan rings is 1. The number of nitrogens with one attached hydrogen (secondary N) is 2. The Hall–Kier alpha value is -3.52. The van der Waals surface area contributed by atoms with Gasteiger partial charge >= 0.3 is 0 Å². The lowest BCUT2D eigenvalue weighted by Crippen LogP contribution is -2.20. The summed E-state index contributed by atoms with van der Waals surface area (Å²) < 4.78 is 21.0. The number of hydrogen-bond acceptors (Lipinski definition) is 6. The highest BCUT2D eigenvalue weighted by Crippen LogP contribution is 2.33. The number of ether oxygens (including phenoxy) is 3. The van der Waals surface area contributed by atoms with Gasteiger partial charge in [0, 0.05) is 24.2 Å². The molecule has 0 radical (unpaired) electrons. The van der Waals surface area contributed by atoms with Crippen molar-refractivity contribution in [3.05, 3.63) is 48.2 Å². The van der Waals surface area contributed by atoms with Crippen LogP contribution in [0.4, 0.5) is 11.4 Å². The fourth-order valence-electron chi connectivity index (χ4n) is 2.74. The second-order valence-corrected chi connectivity index (χ2v) is 5.81. The molecule has 0 saturated heterocycles. The lowest BCUT2D eigenvalue weighted by Gasteiger charge is -2.10. The van der Waals surface area contributed by atoms with Crippen LogP contribution < -0.4 is 20.1 Å². The van der Waals surface area contributed by atoms with E-state index in [2.05, 4.69) is 10.6 Å². The zero-order valence-electron chi connectivity index (χ0n) is 15.7. The van der Waals surface area contributed by atoms with E-state index in [0.717, 1.165) is 0 Å². The minimum atomic E-state index is -0.517. The quantitative estimate of drug-likeness (QED) is 0.649. The van der Waals surface area contributed by atoms with Gasteiger partial charge in [-0.05, 0) is 24.3 Å². The molecule has 0 bridgehead atoms. The van der Waals surface area contributed by atoms with Crippen LogP contribution in [0.3, 0.4) is 0 Å². The molecule has 28 heavy (non-hydrogen) atoms. The minimum absolute atomic E-state index is 0.0135. The molecule has 2 amide bonds. The molecular formula is C20H20N2O6. The number of rotatable bonds is 7. The number of methoxy groups -OCH3 is 3. The lowest BCUT2D eigenvalue weighted by atomic mass is 10.2. The van der Waals surface area contributed by atoms with Gasteiger partial charge in [0.1, 0.15) is 17.9 Å². The highest BCUT2D eigenvalue weighted by atomic mass is 16.5. The van der Waals surface area contributed by atoms with Gasteiger partial charge in [0.15, 0.2) is 11.5 Å². The molecule has 0 saturated carbocycles. The zero-order chi connectivity index (χ0) is 20.1. The molecule has 1 heterocycles. The molecule has 0 aliphatic heterocycles. The Bertz CT molecular complexity index is 1010. The van der Waals surface area contributed by atoms with E-state index in [-0.39, 0.29) is 18.1 Å². The predicted octanol–water partition coefficient (Wildman–Crippen LogP) is 3.29. The van der Waals surface area contributed by atoms with E-state index in [9.17, 15) is 9.59 Å². The largest absolute Gasteiger partial charge is 0.493 e. The van der Waals surface area contributed by atoms with Crippen molar-refractivity contribution in [3.8, 4) is 11.5 Å². The second kappa shape index (κ2) is 8.45. The number of para-hydroxylation sites is 1. The Kier molecular flexibility index (Phi) is 5.81. The van der Waals surface area contributed by atoms with Gasteiger partial charge in [-0.1, -0.05) is 12.1 Å². The summed E-state index contributed by atoms with van der Waals surface area (Å²) in [7, 11) is 4.45. The van der Waals surface area contributed by atoms with E-state index >= 15 is 0 Å². The summed E-state index contributed by atoms with van der Waals surface area (Å²) >= 11 is 0. The number of benzene rings is 2. The number of carbonyl (C=O) groups is 2. The van der Waals surface area contributed by atoms with Crippen LogP contribution in [-0.2, 0) is 9.53 Å². The number of fused-ring (bicyclic) bond motifs is 1. The van der Waals surface area contributed by atoms with Crippen LogP contribution in [0.15, 0.2) is 46.9 Å². The summed E-state index contributed by atoms with van der Waals surface area (Å²) in [4.78, 5) is 24.8. The fourth-order valence-corrected chi connectivity index (χ4v) is 2.74. The topological polar surface area (TPSA) is 99.0 Å². The summed E-state index contributed by atoms with van der Waals surface area (Å²) in [5.41, 5.74) is 1.25. The lowest BCUT2D eigenvalue weighted by molar-refractivity contribution is -0.119. The average molecular weight is 384 g/mol. The SMILES string of the molecule is COCC(=O)Nc1c(C(=O)Nc2ccc(OC)c(OC)c2)oc2ccccc12. The minimum Gasteiger partial charge on any atom is -0.493 e. The summed E-state index contributed by atoms with van der Waals surface area (Å²) in [5, 5.41) is 6.03. The Labute approximate surface area is 161 Å². The van der Waals surface area contributed by atoms with Crippen LogP contribution in [-0.4, -0.2) is 39.8 Å². The molecule has 146 valence electrons. The molecule has 0 spiro atoms.